The quantitative estimate of drug-likeness (QED) is 0.476. The van der Waals surface area contributed by atoms with Gasteiger partial charge in [0.25, 0.3) is 0 Å². The molecule has 0 atom stereocenters. The first-order valence-electron chi connectivity index (χ1n) is 10.8. The molecule has 1 aliphatic heterocycles. The molecule has 2 aliphatic rings. The topological polar surface area (TPSA) is 123 Å². The number of aliphatic hydroxyl groups excluding tert-OH is 1. The van der Waals surface area contributed by atoms with Crippen molar-refractivity contribution in [3.05, 3.63) is 40.7 Å². The lowest BCUT2D eigenvalue weighted by Gasteiger charge is -2.39. The van der Waals surface area contributed by atoms with Crippen LogP contribution in [0.4, 0.5) is 17.3 Å². The molecule has 9 nitrogen and oxygen atoms in total. The average molecular weight is 422 g/mol. The number of fused-ring (bicyclic) bond motifs is 1. The molecule has 0 radical (unpaired) electrons. The first kappa shape index (κ1) is 19.7. The molecule has 3 heterocycles. The molecule has 162 valence electrons. The number of nitrogens with zero attached hydrogens (tertiary/aromatic N) is 5. The third-order valence-corrected chi connectivity index (χ3v) is 6.58. The van der Waals surface area contributed by atoms with Crippen molar-refractivity contribution in [2.45, 2.75) is 38.1 Å². The van der Waals surface area contributed by atoms with E-state index in [9.17, 15) is 15.2 Å². The van der Waals surface area contributed by atoms with Gasteiger partial charge in [0.2, 0.25) is 5.82 Å². The van der Waals surface area contributed by atoms with Gasteiger partial charge in [-0.2, -0.15) is 0 Å². The van der Waals surface area contributed by atoms with Crippen LogP contribution in [0.25, 0.3) is 22.2 Å². The molecule has 1 saturated heterocycles. The molecule has 1 aromatic carbocycles. The first-order chi connectivity index (χ1) is 15.0. The van der Waals surface area contributed by atoms with Crippen molar-refractivity contribution in [2.75, 3.05) is 30.3 Å². The van der Waals surface area contributed by atoms with Crippen LogP contribution in [-0.4, -0.2) is 44.3 Å². The maximum atomic E-state index is 11.8. The highest BCUT2D eigenvalue weighted by Gasteiger charge is 2.30. The van der Waals surface area contributed by atoms with Gasteiger partial charge < -0.3 is 20.3 Å². The van der Waals surface area contributed by atoms with Crippen molar-refractivity contribution in [1.29, 1.82) is 0 Å². The molecule has 9 heteroatoms. The summed E-state index contributed by atoms with van der Waals surface area (Å²) in [5, 5.41) is 21.1. The Balaban J connectivity index is 1.55. The van der Waals surface area contributed by atoms with Gasteiger partial charge in [-0.15, -0.1) is 0 Å². The number of rotatable bonds is 5. The molecule has 0 unspecified atom stereocenters. The fourth-order valence-electron chi connectivity index (χ4n) is 4.84. The van der Waals surface area contributed by atoms with Crippen LogP contribution in [0.2, 0.25) is 0 Å². The highest BCUT2D eigenvalue weighted by atomic mass is 16.6. The number of hydrogen-bond donors (Lipinski definition) is 2. The zero-order valence-corrected chi connectivity index (χ0v) is 17.3. The number of benzene rings is 1. The molecule has 1 saturated carbocycles. The van der Waals surface area contributed by atoms with Gasteiger partial charge in [-0.05, 0) is 36.6 Å². The van der Waals surface area contributed by atoms with Crippen LogP contribution in [-0.2, 0) is 0 Å². The van der Waals surface area contributed by atoms with Crippen molar-refractivity contribution >= 4 is 28.4 Å². The van der Waals surface area contributed by atoms with E-state index in [2.05, 4.69) is 14.5 Å². The Labute approximate surface area is 179 Å². The SMILES string of the molecule is Nc1nc(N2CC(CO)C2)cc(-c2ccc3c(c2)ncn3C2CCCCC2)c1[N+](=O)[O-]. The second-order valence-corrected chi connectivity index (χ2v) is 8.62. The molecule has 0 bridgehead atoms. The maximum Gasteiger partial charge on any atom is 0.319 e. The van der Waals surface area contributed by atoms with Crippen LogP contribution in [0.3, 0.4) is 0 Å². The van der Waals surface area contributed by atoms with Crippen molar-refractivity contribution in [1.82, 2.24) is 14.5 Å². The maximum absolute atomic E-state index is 11.8. The standard InChI is InChI=1S/C22H26N6O3/c23-22-21(28(30)31)17(9-20(25-22)26-10-14(11-26)12-29)15-6-7-19-18(8-15)24-13-27(19)16-4-2-1-3-5-16/h6-9,13-14,16,29H,1-5,10-12H2,(H2,23,25). The molecule has 5 rings (SSSR count). The van der Waals surface area contributed by atoms with Gasteiger partial charge in [-0.3, -0.25) is 10.1 Å². The van der Waals surface area contributed by atoms with Crippen LogP contribution in [0.5, 0.6) is 0 Å². The van der Waals surface area contributed by atoms with Crippen molar-refractivity contribution < 1.29 is 10.0 Å². The van der Waals surface area contributed by atoms with Crippen molar-refractivity contribution in [3.63, 3.8) is 0 Å². The summed E-state index contributed by atoms with van der Waals surface area (Å²) in [5.74, 6) is 0.690. The molecule has 3 N–H and O–H groups in total. The number of nitro groups is 1. The summed E-state index contributed by atoms with van der Waals surface area (Å²) >= 11 is 0. The molecule has 31 heavy (non-hydrogen) atoms. The number of aromatic nitrogens is 3. The van der Waals surface area contributed by atoms with E-state index < -0.39 is 4.92 Å². The van der Waals surface area contributed by atoms with Gasteiger partial charge in [-0.1, -0.05) is 25.3 Å². The highest BCUT2D eigenvalue weighted by Crippen LogP contribution is 2.39. The second-order valence-electron chi connectivity index (χ2n) is 8.62. The van der Waals surface area contributed by atoms with E-state index in [-0.39, 0.29) is 24.0 Å². The molecule has 2 fully saturated rings. The van der Waals surface area contributed by atoms with E-state index in [4.69, 9.17) is 5.73 Å². The monoisotopic (exact) mass is 422 g/mol. The Kier molecular flexibility index (Phi) is 4.97. The van der Waals surface area contributed by atoms with Crippen LogP contribution < -0.4 is 10.6 Å². The Morgan fingerprint density at radius 2 is 1.97 bits per heavy atom. The van der Waals surface area contributed by atoms with E-state index in [0.717, 1.165) is 23.9 Å². The fraction of sp³-hybridized carbons (Fsp3) is 0.455. The minimum atomic E-state index is -0.473. The molecular formula is C22H26N6O3. The predicted octanol–water partition coefficient (Wildman–Crippen LogP) is 3.52. The predicted molar refractivity (Wildman–Crippen MR) is 119 cm³/mol. The van der Waals surface area contributed by atoms with E-state index in [0.29, 0.717) is 36.1 Å². The third kappa shape index (κ3) is 3.48. The Hall–Kier alpha value is -3.20. The molecule has 0 amide bonds. The second kappa shape index (κ2) is 7.81. The number of hydrogen-bond acceptors (Lipinski definition) is 7. The van der Waals surface area contributed by atoms with Gasteiger partial charge in [-0.25, -0.2) is 9.97 Å². The number of anilines is 2. The van der Waals surface area contributed by atoms with Gasteiger partial charge in [0, 0.05) is 31.7 Å². The third-order valence-electron chi connectivity index (χ3n) is 6.58. The van der Waals surface area contributed by atoms with Gasteiger partial charge in [0.15, 0.2) is 0 Å². The number of nitrogen functional groups attached to an aromatic ring is 1. The Morgan fingerprint density at radius 1 is 1.19 bits per heavy atom. The highest BCUT2D eigenvalue weighted by molar-refractivity contribution is 5.88. The van der Waals surface area contributed by atoms with Gasteiger partial charge >= 0.3 is 5.69 Å². The summed E-state index contributed by atoms with van der Waals surface area (Å²) in [5.41, 5.74) is 8.83. The number of aliphatic hydroxyl groups is 1. The van der Waals surface area contributed by atoms with Crippen molar-refractivity contribution in [2.24, 2.45) is 5.92 Å². The van der Waals surface area contributed by atoms with Crippen LogP contribution in [0.15, 0.2) is 30.6 Å². The molecule has 3 aromatic rings. The summed E-state index contributed by atoms with van der Waals surface area (Å²) in [7, 11) is 0. The molecule has 0 spiro atoms. The minimum Gasteiger partial charge on any atom is -0.396 e. The molecular weight excluding hydrogens is 396 g/mol. The van der Waals surface area contributed by atoms with Gasteiger partial charge in [0.1, 0.15) is 5.82 Å². The van der Waals surface area contributed by atoms with Crippen LogP contribution in [0, 0.1) is 16.0 Å². The Bertz CT molecular complexity index is 1130. The normalized spacial score (nSPS) is 17.8. The van der Waals surface area contributed by atoms with Crippen LogP contribution >= 0.6 is 0 Å². The number of pyridine rings is 1. The average Bonchev–Trinajstić information content (AvgIpc) is 3.16. The lowest BCUT2D eigenvalue weighted by atomic mass is 9.95. The smallest absolute Gasteiger partial charge is 0.319 e. The Morgan fingerprint density at radius 3 is 2.68 bits per heavy atom. The van der Waals surface area contributed by atoms with E-state index in [1.54, 1.807) is 6.07 Å². The lowest BCUT2D eigenvalue weighted by Crippen LogP contribution is -2.48. The number of imidazole rings is 1. The zero-order valence-electron chi connectivity index (χ0n) is 17.3. The van der Waals surface area contributed by atoms with Crippen LogP contribution in [0.1, 0.15) is 38.1 Å². The summed E-state index contributed by atoms with van der Waals surface area (Å²) in [6, 6.07) is 7.99. The van der Waals surface area contributed by atoms with E-state index in [1.807, 2.05) is 29.4 Å². The minimum absolute atomic E-state index is 0.0993. The summed E-state index contributed by atoms with van der Waals surface area (Å²) < 4.78 is 2.24. The van der Waals surface area contributed by atoms with Gasteiger partial charge in [0.05, 0.1) is 27.8 Å². The van der Waals surface area contributed by atoms with E-state index >= 15 is 0 Å². The van der Waals surface area contributed by atoms with Crippen molar-refractivity contribution in [3.8, 4) is 11.1 Å². The summed E-state index contributed by atoms with van der Waals surface area (Å²) in [6.45, 7) is 1.43. The molecule has 1 aliphatic carbocycles. The largest absolute Gasteiger partial charge is 0.396 e. The molecule has 2 aromatic heterocycles. The lowest BCUT2D eigenvalue weighted by molar-refractivity contribution is -0.383. The summed E-state index contributed by atoms with van der Waals surface area (Å²) in [6.07, 6.45) is 7.98. The fourth-order valence-corrected chi connectivity index (χ4v) is 4.84. The first-order valence-corrected chi connectivity index (χ1v) is 10.8. The summed E-state index contributed by atoms with van der Waals surface area (Å²) in [4.78, 5) is 22.1. The zero-order chi connectivity index (χ0) is 21.5. The number of nitrogens with two attached hydrogens (primary N) is 1. The van der Waals surface area contributed by atoms with E-state index in [1.165, 1.54) is 19.3 Å².